The lowest BCUT2D eigenvalue weighted by Gasteiger charge is -2.14. The Labute approximate surface area is 329 Å². The fraction of sp³-hybridized carbons (Fsp3) is 0.0204. The molecule has 0 atom stereocenters. The molecular weight excluding hydrogens is 715 g/mol. The smallest absolute Gasteiger partial charge is 0.177 e. The van der Waals surface area contributed by atoms with Crippen molar-refractivity contribution in [3.05, 3.63) is 144 Å². The standard InChI is InChI=1S/C49H23N9/c1-58-42-18-16-26(28-12-6-14-32-30-8-2-4-10-34(30)46-48(44(28)32)56-40(24-52)38(22-50)54-46)20-36(42)37-21-27(17-19-43(37)58)29-13-7-15-33-31-9-3-5-11-35(31)47-49(45(29)33)57-41(25-53)39(23-51)55-47/h2-21H,1H3. The van der Waals surface area contributed by atoms with Crippen LogP contribution in [0.15, 0.2) is 121 Å². The molecule has 8 aromatic carbocycles. The second-order valence-corrected chi connectivity index (χ2v) is 14.3. The van der Waals surface area contributed by atoms with Crippen LogP contribution >= 0.6 is 0 Å². The highest BCUT2D eigenvalue weighted by Gasteiger charge is 2.21. The molecule has 0 spiro atoms. The number of rotatable bonds is 2. The second-order valence-electron chi connectivity index (χ2n) is 14.3. The number of aromatic nitrogens is 5. The summed E-state index contributed by atoms with van der Waals surface area (Å²) in [5, 5.41) is 49.1. The van der Waals surface area contributed by atoms with Crippen molar-refractivity contribution in [3.63, 3.8) is 0 Å². The molecule has 0 fully saturated rings. The van der Waals surface area contributed by atoms with Crippen LogP contribution in [-0.4, -0.2) is 24.5 Å². The zero-order chi connectivity index (χ0) is 39.2. The predicted molar refractivity (Wildman–Crippen MR) is 226 cm³/mol. The maximum absolute atomic E-state index is 9.97. The van der Waals surface area contributed by atoms with Gasteiger partial charge in [-0.2, -0.15) is 21.0 Å². The first-order chi connectivity index (χ1) is 28.5. The largest absolute Gasteiger partial charge is 0.344 e. The molecule has 3 heterocycles. The molecule has 9 nitrogen and oxygen atoms in total. The van der Waals surface area contributed by atoms with Gasteiger partial charge in [-0.25, -0.2) is 19.9 Å². The monoisotopic (exact) mass is 737 g/mol. The molecule has 0 amide bonds. The van der Waals surface area contributed by atoms with Gasteiger partial charge in [-0.05, 0) is 68.1 Å². The Balaban J connectivity index is 1.19. The fourth-order valence-corrected chi connectivity index (χ4v) is 8.85. The number of fused-ring (bicyclic) bond motifs is 15. The molecule has 9 heteroatoms. The van der Waals surface area contributed by atoms with Gasteiger partial charge in [0.15, 0.2) is 22.8 Å². The van der Waals surface area contributed by atoms with Crippen LogP contribution in [0.2, 0.25) is 0 Å². The van der Waals surface area contributed by atoms with E-state index in [1.807, 2.05) is 48.5 Å². The summed E-state index contributed by atoms with van der Waals surface area (Å²) in [5.74, 6) is 0. The van der Waals surface area contributed by atoms with Gasteiger partial charge in [-0.3, -0.25) is 0 Å². The lowest BCUT2D eigenvalue weighted by molar-refractivity contribution is 1.01. The van der Waals surface area contributed by atoms with Crippen molar-refractivity contribution < 1.29 is 0 Å². The van der Waals surface area contributed by atoms with Gasteiger partial charge in [0.1, 0.15) is 24.3 Å². The summed E-state index contributed by atoms with van der Waals surface area (Å²) in [6, 6.07) is 49.5. The summed E-state index contributed by atoms with van der Waals surface area (Å²) < 4.78 is 2.19. The molecule has 0 saturated heterocycles. The third-order valence-corrected chi connectivity index (χ3v) is 11.4. The zero-order valence-corrected chi connectivity index (χ0v) is 30.6. The number of aryl methyl sites for hydroxylation is 1. The van der Waals surface area contributed by atoms with E-state index in [4.69, 9.17) is 19.9 Å². The van der Waals surface area contributed by atoms with Crippen molar-refractivity contribution in [2.45, 2.75) is 0 Å². The number of hydrogen-bond acceptors (Lipinski definition) is 8. The van der Waals surface area contributed by atoms with E-state index >= 15 is 0 Å². The van der Waals surface area contributed by atoms with Crippen LogP contribution in [0.4, 0.5) is 0 Å². The molecule has 0 aliphatic carbocycles. The zero-order valence-electron chi connectivity index (χ0n) is 30.6. The minimum absolute atomic E-state index is 0.00167. The van der Waals surface area contributed by atoms with E-state index in [-0.39, 0.29) is 22.8 Å². The second kappa shape index (κ2) is 12.1. The first kappa shape index (κ1) is 32.7. The molecule has 0 radical (unpaired) electrons. The Morgan fingerprint density at radius 1 is 0.379 bits per heavy atom. The number of nitriles is 4. The maximum Gasteiger partial charge on any atom is 0.177 e. The van der Waals surface area contributed by atoms with Gasteiger partial charge in [0.2, 0.25) is 0 Å². The molecule has 0 aliphatic heterocycles. The minimum atomic E-state index is -0.00651. The Morgan fingerprint density at radius 2 is 0.741 bits per heavy atom. The lowest BCUT2D eigenvalue weighted by Crippen LogP contribution is -1.98. The highest BCUT2D eigenvalue weighted by atomic mass is 14.9. The van der Waals surface area contributed by atoms with Crippen molar-refractivity contribution in [2.24, 2.45) is 7.05 Å². The van der Waals surface area contributed by atoms with Crippen LogP contribution in [0.5, 0.6) is 0 Å². The number of nitrogens with zero attached hydrogens (tertiary/aromatic N) is 9. The Hall–Kier alpha value is -8.76. The Bertz CT molecular complexity index is 3620. The molecule has 11 aromatic rings. The van der Waals surface area contributed by atoms with E-state index in [9.17, 15) is 21.0 Å². The van der Waals surface area contributed by atoms with Gasteiger partial charge >= 0.3 is 0 Å². The maximum atomic E-state index is 9.97. The van der Waals surface area contributed by atoms with Gasteiger partial charge in [0, 0.05) is 50.4 Å². The summed E-state index contributed by atoms with van der Waals surface area (Å²) in [4.78, 5) is 19.0. The predicted octanol–water partition coefficient (Wildman–Crippen LogP) is 10.7. The van der Waals surface area contributed by atoms with Gasteiger partial charge in [-0.15, -0.1) is 0 Å². The average Bonchev–Trinajstić information content (AvgIpc) is 3.57. The minimum Gasteiger partial charge on any atom is -0.344 e. The summed E-state index contributed by atoms with van der Waals surface area (Å²) in [5.41, 5.74) is 8.19. The van der Waals surface area contributed by atoms with Crippen LogP contribution in [0.1, 0.15) is 22.8 Å². The summed E-state index contributed by atoms with van der Waals surface area (Å²) >= 11 is 0. The molecule has 58 heavy (non-hydrogen) atoms. The van der Waals surface area contributed by atoms with Crippen LogP contribution in [-0.2, 0) is 7.05 Å². The fourth-order valence-electron chi connectivity index (χ4n) is 8.85. The number of hydrogen-bond donors (Lipinski definition) is 0. The van der Waals surface area contributed by atoms with Crippen molar-refractivity contribution >= 4 is 87.0 Å². The van der Waals surface area contributed by atoms with Crippen molar-refractivity contribution in [3.8, 4) is 46.5 Å². The third kappa shape index (κ3) is 4.42. The molecule has 0 bridgehead atoms. The molecular formula is C49H23N9. The highest BCUT2D eigenvalue weighted by Crippen LogP contribution is 2.43. The van der Waals surface area contributed by atoms with Crippen LogP contribution in [0, 0.1) is 45.3 Å². The van der Waals surface area contributed by atoms with E-state index in [0.717, 1.165) is 87.1 Å². The van der Waals surface area contributed by atoms with Crippen LogP contribution in [0.3, 0.4) is 0 Å². The van der Waals surface area contributed by atoms with Crippen molar-refractivity contribution in [1.29, 1.82) is 21.0 Å². The molecule has 11 rings (SSSR count). The highest BCUT2D eigenvalue weighted by molar-refractivity contribution is 6.28. The molecule has 264 valence electrons. The van der Waals surface area contributed by atoms with E-state index in [1.165, 1.54) is 0 Å². The van der Waals surface area contributed by atoms with Crippen LogP contribution < -0.4 is 0 Å². The van der Waals surface area contributed by atoms with Gasteiger partial charge in [0.25, 0.3) is 0 Å². The normalized spacial score (nSPS) is 11.5. The molecule has 0 saturated carbocycles. The van der Waals surface area contributed by atoms with Gasteiger partial charge < -0.3 is 4.57 Å². The Kier molecular flexibility index (Phi) is 6.82. The number of benzene rings is 8. The van der Waals surface area contributed by atoms with Gasteiger partial charge in [0.05, 0.1) is 22.1 Å². The summed E-state index contributed by atoms with van der Waals surface area (Å²) in [7, 11) is 2.07. The first-order valence-corrected chi connectivity index (χ1v) is 18.4. The lowest BCUT2D eigenvalue weighted by atomic mass is 9.91. The van der Waals surface area contributed by atoms with E-state index in [2.05, 4.69) is 109 Å². The van der Waals surface area contributed by atoms with E-state index in [1.54, 1.807) is 0 Å². The van der Waals surface area contributed by atoms with Crippen molar-refractivity contribution in [1.82, 2.24) is 24.5 Å². The SMILES string of the molecule is Cn1c2ccc(-c3cccc4c5ccccc5c5nc(C#N)c(C#N)nc5c34)cc2c2cc(-c3cccc4c5ccccc5c5nc(C#N)c(C#N)nc5c34)ccc21. The molecule has 3 aromatic heterocycles. The molecule has 0 aliphatic rings. The quantitative estimate of drug-likeness (QED) is 0.159. The average molecular weight is 738 g/mol. The van der Waals surface area contributed by atoms with E-state index < -0.39 is 0 Å². The first-order valence-electron chi connectivity index (χ1n) is 18.4. The Morgan fingerprint density at radius 3 is 1.14 bits per heavy atom. The van der Waals surface area contributed by atoms with Gasteiger partial charge in [-0.1, -0.05) is 97.1 Å². The third-order valence-electron chi connectivity index (χ3n) is 11.4. The summed E-state index contributed by atoms with van der Waals surface area (Å²) in [6.07, 6.45) is 0. The summed E-state index contributed by atoms with van der Waals surface area (Å²) in [6.45, 7) is 0. The van der Waals surface area contributed by atoms with Crippen LogP contribution in [0.25, 0.3) is 109 Å². The van der Waals surface area contributed by atoms with E-state index in [0.29, 0.717) is 22.1 Å². The topological polar surface area (TPSA) is 152 Å². The molecule has 0 N–H and O–H groups in total. The molecule has 0 unspecified atom stereocenters. The van der Waals surface area contributed by atoms with Crippen molar-refractivity contribution in [2.75, 3.05) is 0 Å².